The minimum Gasteiger partial charge on any atom is -0.444 e. The van der Waals surface area contributed by atoms with Crippen molar-refractivity contribution in [3.8, 4) is 0 Å². The zero-order valence-corrected chi connectivity index (χ0v) is 11.1. The van der Waals surface area contributed by atoms with Crippen LogP contribution in [0.25, 0.3) is 0 Å². The van der Waals surface area contributed by atoms with Crippen LogP contribution in [-0.2, 0) is 4.74 Å². The summed E-state index contributed by atoms with van der Waals surface area (Å²) in [5.41, 5.74) is -0.683. The molecule has 0 atom stereocenters. The van der Waals surface area contributed by atoms with Gasteiger partial charge < -0.3 is 9.64 Å². The number of carbonyl (C=O) groups is 2. The van der Waals surface area contributed by atoms with E-state index >= 15 is 0 Å². The minimum atomic E-state index is -0.824. The van der Waals surface area contributed by atoms with E-state index in [1.807, 2.05) is 4.90 Å². The molecule has 1 N–H and O–H groups in total. The molecule has 2 amide bonds. The topological polar surface area (TPSA) is 97.6 Å². The first-order chi connectivity index (χ1) is 8.87. The van der Waals surface area contributed by atoms with Crippen LogP contribution in [0.1, 0.15) is 37.7 Å². The third-order valence-electron chi connectivity index (χ3n) is 2.46. The van der Waals surface area contributed by atoms with Gasteiger partial charge in [-0.2, -0.15) is 0 Å². The van der Waals surface area contributed by atoms with Crippen molar-refractivity contribution in [2.45, 2.75) is 32.8 Å². The summed E-state index contributed by atoms with van der Waals surface area (Å²) in [7, 11) is 0. The van der Waals surface area contributed by atoms with Crippen molar-refractivity contribution in [2.24, 2.45) is 0 Å². The lowest BCUT2D eigenvalue weighted by Gasteiger charge is -2.30. The first kappa shape index (κ1) is 13.3. The van der Waals surface area contributed by atoms with Crippen LogP contribution in [0.2, 0.25) is 0 Å². The number of aromatic nitrogens is 2. The Morgan fingerprint density at radius 1 is 1.32 bits per heavy atom. The fraction of sp³-hybridized carbons (Fsp3) is 0.636. The average Bonchev–Trinajstić information content (AvgIpc) is 2.60. The molecule has 0 saturated carbocycles. The first-order valence-corrected chi connectivity index (χ1v) is 5.98. The molecule has 0 spiro atoms. The molecule has 0 aliphatic carbocycles. The molecule has 2 heterocycles. The molecule has 1 aromatic rings. The van der Waals surface area contributed by atoms with Crippen molar-refractivity contribution in [1.29, 1.82) is 0 Å². The second kappa shape index (κ2) is 4.87. The van der Waals surface area contributed by atoms with Gasteiger partial charge in [-0.15, -0.1) is 0 Å². The van der Waals surface area contributed by atoms with Crippen molar-refractivity contribution in [3.05, 3.63) is 5.69 Å². The van der Waals surface area contributed by atoms with Crippen molar-refractivity contribution >= 4 is 17.8 Å². The predicted molar refractivity (Wildman–Crippen MR) is 64.8 cm³/mol. The van der Waals surface area contributed by atoms with Crippen LogP contribution in [-0.4, -0.2) is 41.0 Å². The SMILES string of the molecule is CC(C)(C)OC(=O)NC(=O)c1nonc1N1CCC1. The van der Waals surface area contributed by atoms with Gasteiger partial charge in [-0.1, -0.05) is 0 Å². The van der Waals surface area contributed by atoms with Crippen LogP contribution < -0.4 is 10.2 Å². The molecule has 19 heavy (non-hydrogen) atoms. The van der Waals surface area contributed by atoms with E-state index in [0.717, 1.165) is 19.5 Å². The first-order valence-electron chi connectivity index (χ1n) is 5.98. The van der Waals surface area contributed by atoms with Crippen LogP contribution in [0.5, 0.6) is 0 Å². The fourth-order valence-corrected chi connectivity index (χ4v) is 1.52. The summed E-state index contributed by atoms with van der Waals surface area (Å²) in [5.74, 6) is -0.329. The molecule has 1 aliphatic rings. The Hall–Kier alpha value is -2.12. The van der Waals surface area contributed by atoms with Gasteiger partial charge in [0.2, 0.25) is 11.5 Å². The molecule has 1 saturated heterocycles. The second-order valence-electron chi connectivity index (χ2n) is 5.23. The fourth-order valence-electron chi connectivity index (χ4n) is 1.52. The van der Waals surface area contributed by atoms with Crippen molar-refractivity contribution in [1.82, 2.24) is 15.6 Å². The number of alkyl carbamates (subject to hydrolysis) is 1. The van der Waals surface area contributed by atoms with E-state index in [4.69, 9.17) is 4.74 Å². The van der Waals surface area contributed by atoms with E-state index < -0.39 is 17.6 Å². The third kappa shape index (κ3) is 3.21. The van der Waals surface area contributed by atoms with Gasteiger partial charge in [-0.25, -0.2) is 9.42 Å². The highest BCUT2D eigenvalue weighted by Gasteiger charge is 2.28. The number of anilines is 1. The third-order valence-corrected chi connectivity index (χ3v) is 2.46. The lowest BCUT2D eigenvalue weighted by atomic mass is 10.2. The predicted octanol–water partition coefficient (Wildman–Crippen LogP) is 0.945. The summed E-state index contributed by atoms with van der Waals surface area (Å²) in [6, 6.07) is 0. The van der Waals surface area contributed by atoms with E-state index in [9.17, 15) is 9.59 Å². The summed E-state index contributed by atoms with van der Waals surface area (Å²) in [6.45, 7) is 6.71. The summed E-state index contributed by atoms with van der Waals surface area (Å²) < 4.78 is 9.54. The van der Waals surface area contributed by atoms with Crippen LogP contribution in [0.4, 0.5) is 10.6 Å². The smallest absolute Gasteiger partial charge is 0.414 e. The Morgan fingerprint density at radius 2 is 2.00 bits per heavy atom. The lowest BCUT2D eigenvalue weighted by molar-refractivity contribution is 0.0507. The Labute approximate surface area is 110 Å². The maximum absolute atomic E-state index is 11.9. The number of hydrogen-bond donors (Lipinski definition) is 1. The highest BCUT2D eigenvalue weighted by atomic mass is 16.6. The molecule has 0 aromatic carbocycles. The largest absolute Gasteiger partial charge is 0.444 e. The van der Waals surface area contributed by atoms with Crippen LogP contribution in [0, 0.1) is 0 Å². The van der Waals surface area contributed by atoms with Crippen molar-refractivity contribution in [2.75, 3.05) is 18.0 Å². The van der Waals surface area contributed by atoms with Gasteiger partial charge in [0.15, 0.2) is 0 Å². The van der Waals surface area contributed by atoms with Crippen LogP contribution >= 0.6 is 0 Å². The van der Waals surface area contributed by atoms with Gasteiger partial charge in [0.25, 0.3) is 5.91 Å². The number of carbonyl (C=O) groups excluding carboxylic acids is 2. The van der Waals surface area contributed by atoms with Gasteiger partial charge in [0.05, 0.1) is 0 Å². The van der Waals surface area contributed by atoms with E-state index in [2.05, 4.69) is 20.3 Å². The number of imide groups is 1. The highest BCUT2D eigenvalue weighted by Crippen LogP contribution is 2.21. The van der Waals surface area contributed by atoms with Gasteiger partial charge in [-0.3, -0.25) is 10.1 Å². The van der Waals surface area contributed by atoms with Gasteiger partial charge in [0.1, 0.15) is 5.60 Å². The monoisotopic (exact) mass is 268 g/mol. The Morgan fingerprint density at radius 3 is 2.53 bits per heavy atom. The molecule has 2 rings (SSSR count). The summed E-state index contributed by atoms with van der Waals surface area (Å²) >= 11 is 0. The van der Waals surface area contributed by atoms with E-state index in [-0.39, 0.29) is 5.69 Å². The zero-order chi connectivity index (χ0) is 14.0. The number of hydrogen-bond acceptors (Lipinski definition) is 7. The molecule has 1 fully saturated rings. The summed E-state index contributed by atoms with van der Waals surface area (Å²) in [4.78, 5) is 25.2. The number of ether oxygens (including phenoxy) is 1. The quantitative estimate of drug-likeness (QED) is 0.852. The standard InChI is InChI=1S/C11H16N4O4/c1-11(2,3)18-10(17)12-9(16)7-8(14-19-13-7)15-5-4-6-15/h4-6H2,1-3H3,(H,12,16,17). The molecule has 0 bridgehead atoms. The number of nitrogens with zero attached hydrogens (tertiary/aromatic N) is 3. The van der Waals surface area contributed by atoms with Crippen LogP contribution in [0.3, 0.4) is 0 Å². The maximum Gasteiger partial charge on any atom is 0.414 e. The molecule has 104 valence electrons. The molecule has 8 heteroatoms. The number of rotatable bonds is 2. The lowest BCUT2D eigenvalue weighted by Crippen LogP contribution is -2.40. The van der Waals surface area contributed by atoms with E-state index in [0.29, 0.717) is 5.82 Å². The Bertz CT molecular complexity index is 487. The van der Waals surface area contributed by atoms with E-state index in [1.54, 1.807) is 20.8 Å². The normalized spacial score (nSPS) is 14.8. The Kier molecular flexibility index (Phi) is 3.41. The molecular formula is C11H16N4O4. The van der Waals surface area contributed by atoms with Crippen LogP contribution in [0.15, 0.2) is 4.63 Å². The van der Waals surface area contributed by atoms with Gasteiger partial charge in [0, 0.05) is 13.1 Å². The molecular weight excluding hydrogens is 252 g/mol. The maximum atomic E-state index is 11.9. The molecule has 1 aromatic heterocycles. The van der Waals surface area contributed by atoms with Crippen molar-refractivity contribution < 1.29 is 19.0 Å². The molecule has 0 unspecified atom stereocenters. The van der Waals surface area contributed by atoms with Gasteiger partial charge in [-0.05, 0) is 37.5 Å². The molecule has 1 aliphatic heterocycles. The summed E-state index contributed by atoms with van der Waals surface area (Å²) in [6.07, 6.45) is 0.204. The van der Waals surface area contributed by atoms with Gasteiger partial charge >= 0.3 is 6.09 Å². The molecule has 0 radical (unpaired) electrons. The van der Waals surface area contributed by atoms with Crippen molar-refractivity contribution in [3.63, 3.8) is 0 Å². The zero-order valence-electron chi connectivity index (χ0n) is 11.1. The minimum absolute atomic E-state index is 0.00874. The average molecular weight is 268 g/mol. The molecule has 8 nitrogen and oxygen atoms in total. The Balaban J connectivity index is 2.00. The number of nitrogens with one attached hydrogen (secondary N) is 1. The highest BCUT2D eigenvalue weighted by molar-refractivity contribution is 6.04. The van der Waals surface area contributed by atoms with E-state index in [1.165, 1.54) is 0 Å². The summed E-state index contributed by atoms with van der Waals surface area (Å²) in [5, 5.41) is 9.28. The second-order valence-corrected chi connectivity index (χ2v) is 5.23. The number of amides is 2.